The van der Waals surface area contributed by atoms with Gasteiger partial charge < -0.3 is 4.74 Å². The van der Waals surface area contributed by atoms with Gasteiger partial charge in [-0.05, 0) is 49.0 Å². The van der Waals surface area contributed by atoms with E-state index in [1.807, 2.05) is 6.07 Å². The van der Waals surface area contributed by atoms with E-state index >= 15 is 0 Å². The fraction of sp³-hybridized carbons (Fsp3) is 0.625. The van der Waals surface area contributed by atoms with Gasteiger partial charge in [0.1, 0.15) is 5.75 Å². The molecule has 1 atom stereocenters. The van der Waals surface area contributed by atoms with Crippen LogP contribution in [0.15, 0.2) is 30.3 Å². The van der Waals surface area contributed by atoms with Gasteiger partial charge in [0, 0.05) is 6.61 Å². The number of benzene rings is 1. The second kappa shape index (κ2) is 5.69. The van der Waals surface area contributed by atoms with E-state index in [1.54, 1.807) is 0 Å². The molecule has 0 aromatic heterocycles. The van der Waals surface area contributed by atoms with E-state index < -0.39 is 22.1 Å². The lowest BCUT2D eigenvalue weighted by atomic mass is 9.66. The molecule has 0 bridgehead atoms. The Hall–Kier alpha value is -0.940. The van der Waals surface area contributed by atoms with Crippen molar-refractivity contribution in [2.75, 3.05) is 12.4 Å². The van der Waals surface area contributed by atoms with Crippen molar-refractivity contribution in [3.63, 3.8) is 0 Å². The molecule has 1 unspecified atom stereocenters. The summed E-state index contributed by atoms with van der Waals surface area (Å²) in [4.78, 5) is 0. The lowest BCUT2D eigenvalue weighted by Crippen LogP contribution is -2.38. The van der Waals surface area contributed by atoms with Gasteiger partial charge in [-0.3, -0.25) is 0 Å². The number of hydrogen-bond acceptors (Lipinski definition) is 3. The summed E-state index contributed by atoms with van der Waals surface area (Å²) >= 11 is 0. The fourth-order valence-electron chi connectivity index (χ4n) is 3.97. The quantitative estimate of drug-likeness (QED) is 0.803. The van der Waals surface area contributed by atoms with E-state index in [2.05, 4.69) is 24.3 Å². The molecule has 0 N–H and O–H groups in total. The first kappa shape index (κ1) is 15.0. The standard InChI is InChI=1S/C16H21FO3S/c17-21(18,19)12-15-16(10-11-20-15)8-6-14(7-9-16)13-4-2-1-3-5-13/h1-5,14-15H,6-12H2. The molecule has 1 aliphatic heterocycles. The van der Waals surface area contributed by atoms with Crippen LogP contribution in [0, 0.1) is 5.41 Å². The van der Waals surface area contributed by atoms with Gasteiger partial charge in [-0.15, -0.1) is 3.89 Å². The lowest BCUT2D eigenvalue weighted by Gasteiger charge is -2.40. The second-order valence-corrected chi connectivity index (χ2v) is 7.77. The predicted molar refractivity (Wildman–Crippen MR) is 79.3 cm³/mol. The van der Waals surface area contributed by atoms with Crippen molar-refractivity contribution in [3.05, 3.63) is 35.9 Å². The van der Waals surface area contributed by atoms with Crippen molar-refractivity contribution < 1.29 is 17.0 Å². The monoisotopic (exact) mass is 312 g/mol. The van der Waals surface area contributed by atoms with Gasteiger partial charge in [0.15, 0.2) is 0 Å². The average molecular weight is 312 g/mol. The van der Waals surface area contributed by atoms with Crippen LogP contribution in [0.2, 0.25) is 0 Å². The highest BCUT2D eigenvalue weighted by molar-refractivity contribution is 7.86. The lowest BCUT2D eigenvalue weighted by molar-refractivity contribution is 0.0404. The Labute approximate surface area is 125 Å². The van der Waals surface area contributed by atoms with Crippen molar-refractivity contribution in [3.8, 4) is 0 Å². The van der Waals surface area contributed by atoms with E-state index in [0.717, 1.165) is 32.1 Å². The summed E-state index contributed by atoms with van der Waals surface area (Å²) in [5.74, 6) is 0.0447. The zero-order valence-electron chi connectivity index (χ0n) is 12.0. The van der Waals surface area contributed by atoms with Gasteiger partial charge in [0.2, 0.25) is 0 Å². The Kier molecular flexibility index (Phi) is 4.06. The highest BCUT2D eigenvalue weighted by atomic mass is 32.3. The Morgan fingerprint density at radius 3 is 2.43 bits per heavy atom. The first-order valence-electron chi connectivity index (χ1n) is 7.57. The van der Waals surface area contributed by atoms with Gasteiger partial charge in [0.05, 0.1) is 6.10 Å². The summed E-state index contributed by atoms with van der Waals surface area (Å²) < 4.78 is 40.5. The molecule has 2 fully saturated rings. The second-order valence-electron chi connectivity index (χ2n) is 6.36. The molecule has 1 saturated heterocycles. The van der Waals surface area contributed by atoms with Gasteiger partial charge in [-0.2, -0.15) is 8.42 Å². The van der Waals surface area contributed by atoms with E-state index in [-0.39, 0.29) is 5.41 Å². The van der Waals surface area contributed by atoms with Crippen LogP contribution in [0.25, 0.3) is 0 Å². The summed E-state index contributed by atoms with van der Waals surface area (Å²) in [6.45, 7) is 0.552. The van der Waals surface area contributed by atoms with Crippen LogP contribution in [0.3, 0.4) is 0 Å². The van der Waals surface area contributed by atoms with Gasteiger partial charge in [-0.25, -0.2) is 0 Å². The molecule has 1 aromatic rings. The molecule has 3 rings (SSSR count). The van der Waals surface area contributed by atoms with E-state index in [4.69, 9.17) is 4.74 Å². The minimum atomic E-state index is -4.47. The van der Waals surface area contributed by atoms with Crippen LogP contribution in [0.4, 0.5) is 3.89 Å². The molecule has 1 saturated carbocycles. The fourth-order valence-corrected chi connectivity index (χ4v) is 4.78. The molecule has 0 radical (unpaired) electrons. The number of rotatable bonds is 3. The molecule has 5 heteroatoms. The minimum absolute atomic E-state index is 0.134. The maximum atomic E-state index is 13.0. The Morgan fingerprint density at radius 2 is 1.81 bits per heavy atom. The minimum Gasteiger partial charge on any atom is -0.376 e. The zero-order chi connectivity index (χ0) is 14.9. The molecule has 1 heterocycles. The third-order valence-electron chi connectivity index (χ3n) is 5.20. The molecule has 3 nitrogen and oxygen atoms in total. The van der Waals surface area contributed by atoms with Gasteiger partial charge >= 0.3 is 10.2 Å². The van der Waals surface area contributed by atoms with E-state index in [1.165, 1.54) is 5.56 Å². The number of ether oxygens (including phenoxy) is 1. The molecule has 21 heavy (non-hydrogen) atoms. The van der Waals surface area contributed by atoms with Crippen LogP contribution in [-0.2, 0) is 15.0 Å². The molecule has 1 aliphatic carbocycles. The van der Waals surface area contributed by atoms with Crippen LogP contribution in [-0.4, -0.2) is 26.9 Å². The van der Waals surface area contributed by atoms with Crippen molar-refractivity contribution >= 4 is 10.2 Å². The summed E-state index contributed by atoms with van der Waals surface area (Å²) in [7, 11) is -4.47. The van der Waals surface area contributed by atoms with Crippen molar-refractivity contribution in [1.29, 1.82) is 0 Å². The maximum absolute atomic E-state index is 13.0. The maximum Gasteiger partial charge on any atom is 0.304 e. The summed E-state index contributed by atoms with van der Waals surface area (Å²) in [5.41, 5.74) is 1.21. The molecule has 1 aromatic carbocycles. The van der Waals surface area contributed by atoms with Gasteiger partial charge in [-0.1, -0.05) is 30.3 Å². The first-order chi connectivity index (χ1) is 9.99. The SMILES string of the molecule is O=S(=O)(F)CC1OCCC12CCC(c1ccccc1)CC2. The van der Waals surface area contributed by atoms with Crippen molar-refractivity contribution in [1.82, 2.24) is 0 Å². The molecule has 0 amide bonds. The number of halogens is 1. The highest BCUT2D eigenvalue weighted by Crippen LogP contribution is 2.51. The summed E-state index contributed by atoms with van der Waals surface area (Å²) in [6, 6.07) is 10.4. The topological polar surface area (TPSA) is 43.4 Å². The average Bonchev–Trinajstić information content (AvgIpc) is 2.81. The first-order valence-corrected chi connectivity index (χ1v) is 9.13. The number of hydrogen-bond donors (Lipinski definition) is 0. The molecule has 1 spiro atoms. The Bertz CT molecular complexity index is 577. The Balaban J connectivity index is 1.69. The van der Waals surface area contributed by atoms with E-state index in [9.17, 15) is 12.3 Å². The highest BCUT2D eigenvalue weighted by Gasteiger charge is 2.47. The van der Waals surface area contributed by atoms with Gasteiger partial charge in [0.25, 0.3) is 0 Å². The largest absolute Gasteiger partial charge is 0.376 e. The summed E-state index contributed by atoms with van der Waals surface area (Å²) in [6.07, 6.45) is 4.28. The van der Waals surface area contributed by atoms with E-state index in [0.29, 0.717) is 12.5 Å². The van der Waals surface area contributed by atoms with Crippen LogP contribution in [0.5, 0.6) is 0 Å². The van der Waals surface area contributed by atoms with Crippen LogP contribution >= 0.6 is 0 Å². The van der Waals surface area contributed by atoms with Crippen molar-refractivity contribution in [2.45, 2.75) is 44.1 Å². The molecular formula is C16H21FO3S. The predicted octanol–water partition coefficient (Wildman–Crippen LogP) is 3.42. The normalized spacial score (nSPS) is 33.4. The smallest absolute Gasteiger partial charge is 0.304 e. The van der Waals surface area contributed by atoms with Crippen molar-refractivity contribution in [2.24, 2.45) is 5.41 Å². The van der Waals surface area contributed by atoms with Crippen LogP contribution < -0.4 is 0 Å². The molecular weight excluding hydrogens is 291 g/mol. The third kappa shape index (κ3) is 3.29. The molecule has 116 valence electrons. The van der Waals surface area contributed by atoms with Crippen LogP contribution in [0.1, 0.15) is 43.6 Å². The molecule has 2 aliphatic rings. The zero-order valence-corrected chi connectivity index (χ0v) is 12.8. The summed E-state index contributed by atoms with van der Waals surface area (Å²) in [5, 5.41) is 0. The Morgan fingerprint density at radius 1 is 1.14 bits per heavy atom. The third-order valence-corrected chi connectivity index (χ3v) is 5.91.